The molecule has 9 nitrogen and oxygen atoms in total. The molecule has 0 saturated carbocycles. The molecule has 0 spiro atoms. The van der Waals surface area contributed by atoms with Gasteiger partial charge in [0.2, 0.25) is 5.91 Å². The van der Waals surface area contributed by atoms with E-state index in [0.29, 0.717) is 47.2 Å². The molecule has 1 fully saturated rings. The van der Waals surface area contributed by atoms with Crippen LogP contribution in [0.15, 0.2) is 65.7 Å². The fourth-order valence-corrected chi connectivity index (χ4v) is 4.82. The van der Waals surface area contributed by atoms with E-state index in [1.54, 1.807) is 24.4 Å². The second kappa shape index (κ2) is 8.45. The smallest absolute Gasteiger partial charge is 0.240 e. The normalized spacial score (nSPS) is 16.1. The topological polar surface area (TPSA) is 131 Å². The minimum absolute atomic E-state index is 0.205. The molecule has 1 saturated heterocycles. The third-order valence-corrected chi connectivity index (χ3v) is 6.97. The molecule has 3 N–H and O–H groups in total. The molecule has 1 amide bonds. The molecule has 0 radical (unpaired) electrons. The number of hydrogen-bond acceptors (Lipinski definition) is 7. The predicted molar refractivity (Wildman–Crippen MR) is 129 cm³/mol. The van der Waals surface area contributed by atoms with Crippen molar-refractivity contribution in [3.63, 3.8) is 0 Å². The van der Waals surface area contributed by atoms with Gasteiger partial charge in [0.15, 0.2) is 21.4 Å². The molecule has 1 aliphatic rings. The number of ether oxygens (including phenoxy) is 1. The lowest BCUT2D eigenvalue weighted by atomic mass is 10.1. The van der Waals surface area contributed by atoms with Gasteiger partial charge < -0.3 is 20.4 Å². The maximum Gasteiger partial charge on any atom is 0.240 e. The minimum atomic E-state index is -3.32. The van der Waals surface area contributed by atoms with Gasteiger partial charge in [-0.25, -0.2) is 13.4 Å². The number of H-pyrrole nitrogens is 1. The first-order valence-corrected chi connectivity index (χ1v) is 12.7. The van der Waals surface area contributed by atoms with Gasteiger partial charge in [-0.1, -0.05) is 6.07 Å². The molecule has 3 heterocycles. The zero-order chi connectivity index (χ0) is 23.9. The summed E-state index contributed by atoms with van der Waals surface area (Å²) in [6.07, 6.45) is 4.35. The molecular weight excluding hydrogens is 454 g/mol. The Hall–Kier alpha value is -3.92. The summed E-state index contributed by atoms with van der Waals surface area (Å²) in [4.78, 5) is 26.6. The zero-order valence-corrected chi connectivity index (χ0v) is 19.2. The second-order valence-electron chi connectivity index (χ2n) is 8.24. The van der Waals surface area contributed by atoms with Crippen molar-refractivity contribution in [2.45, 2.75) is 23.8 Å². The molecular formula is C24H23N5O4S. The van der Waals surface area contributed by atoms with Crippen molar-refractivity contribution in [3.05, 3.63) is 60.8 Å². The highest BCUT2D eigenvalue weighted by molar-refractivity contribution is 7.90. The van der Waals surface area contributed by atoms with Gasteiger partial charge in [-0.15, -0.1) is 0 Å². The van der Waals surface area contributed by atoms with Crippen LogP contribution in [-0.4, -0.2) is 48.1 Å². The third kappa shape index (κ3) is 4.19. The van der Waals surface area contributed by atoms with Crippen molar-refractivity contribution < 1.29 is 17.9 Å². The van der Waals surface area contributed by atoms with Crippen LogP contribution in [-0.2, 0) is 14.6 Å². The molecule has 4 aromatic rings. The highest BCUT2D eigenvalue weighted by Crippen LogP contribution is 2.39. The first-order valence-electron chi connectivity index (χ1n) is 10.8. The number of nitrogens with two attached hydrogens (primary N) is 1. The van der Waals surface area contributed by atoms with Crippen LogP contribution >= 0.6 is 0 Å². The van der Waals surface area contributed by atoms with Crippen molar-refractivity contribution in [3.8, 4) is 23.0 Å². The summed E-state index contributed by atoms with van der Waals surface area (Å²) in [7, 11) is -3.32. The summed E-state index contributed by atoms with van der Waals surface area (Å²) in [5.41, 5.74) is 8.52. The van der Waals surface area contributed by atoms with Gasteiger partial charge in [0.05, 0.1) is 21.6 Å². The SMILES string of the molecule is CS(=O)(=O)c1ccc(Oc2cc3nc(-c4ccccn4)[nH]c3cc2N2CCCC2C(N)=O)cc1. The van der Waals surface area contributed by atoms with E-state index in [-0.39, 0.29) is 10.8 Å². The third-order valence-electron chi connectivity index (χ3n) is 5.84. The molecule has 0 aliphatic carbocycles. The van der Waals surface area contributed by atoms with E-state index < -0.39 is 15.9 Å². The standard InChI is InChI=1S/C24H23N5O4S/c1-34(31,32)16-9-7-15(8-10-16)33-22-14-19-18(27-24(28-19)17-5-2-3-11-26-17)13-21(22)29-12-4-6-20(29)23(25)30/h2-3,5,7-11,13-14,20H,4,6,12H2,1H3,(H2,25,30)(H,27,28). The Morgan fingerprint density at radius 3 is 2.65 bits per heavy atom. The summed E-state index contributed by atoms with van der Waals surface area (Å²) in [5.74, 6) is 1.18. The van der Waals surface area contributed by atoms with E-state index in [0.717, 1.165) is 18.2 Å². The number of sulfone groups is 1. The number of imidazole rings is 1. The number of carbonyl (C=O) groups is 1. The number of hydrogen-bond donors (Lipinski definition) is 2. The van der Waals surface area contributed by atoms with Gasteiger partial charge >= 0.3 is 0 Å². The van der Waals surface area contributed by atoms with Crippen LogP contribution in [0.4, 0.5) is 5.69 Å². The lowest BCUT2D eigenvalue weighted by Crippen LogP contribution is -2.40. The average Bonchev–Trinajstić information content (AvgIpc) is 3.46. The number of rotatable bonds is 6. The fraction of sp³-hybridized carbons (Fsp3) is 0.208. The fourth-order valence-electron chi connectivity index (χ4n) is 4.19. The molecule has 10 heteroatoms. The van der Waals surface area contributed by atoms with Gasteiger partial charge in [-0.2, -0.15) is 0 Å². The maximum atomic E-state index is 12.1. The monoisotopic (exact) mass is 477 g/mol. The van der Waals surface area contributed by atoms with Gasteiger partial charge in [-0.05, 0) is 55.3 Å². The summed E-state index contributed by atoms with van der Waals surface area (Å²) in [6.45, 7) is 0.656. The first kappa shape index (κ1) is 21.9. The van der Waals surface area contributed by atoms with Crippen molar-refractivity contribution in [2.75, 3.05) is 17.7 Å². The number of anilines is 1. The number of fused-ring (bicyclic) bond motifs is 1. The van der Waals surface area contributed by atoms with E-state index in [9.17, 15) is 13.2 Å². The van der Waals surface area contributed by atoms with Gasteiger partial charge in [-0.3, -0.25) is 9.78 Å². The van der Waals surface area contributed by atoms with Gasteiger partial charge in [0, 0.05) is 25.1 Å². The van der Waals surface area contributed by atoms with Gasteiger partial charge in [0.25, 0.3) is 0 Å². The molecule has 174 valence electrons. The quantitative estimate of drug-likeness (QED) is 0.436. The Bertz CT molecular complexity index is 1470. The zero-order valence-electron chi connectivity index (χ0n) is 18.4. The number of nitrogens with one attached hydrogen (secondary N) is 1. The Labute approximate surface area is 196 Å². The molecule has 2 aromatic heterocycles. The number of pyridine rings is 1. The Kier molecular flexibility index (Phi) is 5.45. The number of aromatic nitrogens is 3. The lowest BCUT2D eigenvalue weighted by molar-refractivity contribution is -0.119. The van der Waals surface area contributed by atoms with Crippen LogP contribution in [0.1, 0.15) is 12.8 Å². The maximum absolute atomic E-state index is 12.1. The van der Waals surface area contributed by atoms with Crippen LogP contribution in [0.2, 0.25) is 0 Å². The number of aromatic amines is 1. The largest absolute Gasteiger partial charge is 0.455 e. The van der Waals surface area contributed by atoms with Crippen molar-refractivity contribution in [1.82, 2.24) is 15.0 Å². The molecule has 34 heavy (non-hydrogen) atoms. The van der Waals surface area contributed by atoms with Crippen LogP contribution in [0.3, 0.4) is 0 Å². The van der Waals surface area contributed by atoms with Crippen LogP contribution in [0, 0.1) is 0 Å². The molecule has 1 unspecified atom stereocenters. The van der Waals surface area contributed by atoms with Crippen LogP contribution in [0.5, 0.6) is 11.5 Å². The molecule has 1 atom stereocenters. The van der Waals surface area contributed by atoms with E-state index in [1.165, 1.54) is 12.1 Å². The van der Waals surface area contributed by atoms with Crippen molar-refractivity contribution in [1.29, 1.82) is 0 Å². The Morgan fingerprint density at radius 2 is 1.97 bits per heavy atom. The summed E-state index contributed by atoms with van der Waals surface area (Å²) in [6, 6.07) is 15.0. The highest BCUT2D eigenvalue weighted by Gasteiger charge is 2.31. The van der Waals surface area contributed by atoms with Crippen molar-refractivity contribution in [2.24, 2.45) is 5.73 Å². The van der Waals surface area contributed by atoms with E-state index in [2.05, 4.69) is 15.0 Å². The second-order valence-corrected chi connectivity index (χ2v) is 10.3. The van der Waals surface area contributed by atoms with Crippen molar-refractivity contribution >= 4 is 32.5 Å². The molecule has 2 aromatic carbocycles. The number of nitrogens with zero attached hydrogens (tertiary/aromatic N) is 3. The van der Waals surface area contributed by atoms with Crippen LogP contribution in [0.25, 0.3) is 22.6 Å². The number of primary amides is 1. The summed E-state index contributed by atoms with van der Waals surface area (Å²) < 4.78 is 29.8. The highest BCUT2D eigenvalue weighted by atomic mass is 32.2. The molecule has 1 aliphatic heterocycles. The summed E-state index contributed by atoms with van der Waals surface area (Å²) >= 11 is 0. The first-order chi connectivity index (χ1) is 16.3. The molecule has 0 bridgehead atoms. The van der Waals surface area contributed by atoms with Crippen LogP contribution < -0.4 is 15.4 Å². The predicted octanol–water partition coefficient (Wildman–Crippen LogP) is 3.27. The lowest BCUT2D eigenvalue weighted by Gasteiger charge is -2.26. The van der Waals surface area contributed by atoms with E-state index in [4.69, 9.17) is 10.5 Å². The number of amides is 1. The summed E-state index contributed by atoms with van der Waals surface area (Å²) in [5, 5.41) is 0. The Morgan fingerprint density at radius 1 is 1.18 bits per heavy atom. The molecule has 5 rings (SSSR count). The Balaban J connectivity index is 1.59. The number of carbonyl (C=O) groups excluding carboxylic acids is 1. The minimum Gasteiger partial charge on any atom is -0.455 e. The average molecular weight is 478 g/mol. The van der Waals surface area contributed by atoms with E-state index >= 15 is 0 Å². The van der Waals surface area contributed by atoms with Gasteiger partial charge in [0.1, 0.15) is 17.5 Å². The van der Waals surface area contributed by atoms with E-state index in [1.807, 2.05) is 29.2 Å². The number of benzene rings is 2.